The lowest BCUT2D eigenvalue weighted by molar-refractivity contribution is 0.242. The van der Waals surface area contributed by atoms with E-state index in [0.717, 1.165) is 22.4 Å². The van der Waals surface area contributed by atoms with E-state index in [-0.39, 0.29) is 11.9 Å². The van der Waals surface area contributed by atoms with E-state index in [0.29, 0.717) is 13.0 Å². The van der Waals surface area contributed by atoms with Gasteiger partial charge >= 0.3 is 0 Å². The first-order valence-electron chi connectivity index (χ1n) is 5.49. The number of hydrogen-bond acceptors (Lipinski definition) is 3. The summed E-state index contributed by atoms with van der Waals surface area (Å²) in [6, 6.07) is 4.76. The summed E-state index contributed by atoms with van der Waals surface area (Å²) >= 11 is 0. The van der Waals surface area contributed by atoms with Gasteiger partial charge in [-0.15, -0.1) is 0 Å². The molecule has 2 N–H and O–H groups in total. The highest BCUT2D eigenvalue weighted by Gasteiger charge is 2.26. The number of fused-ring (bicyclic) bond motifs is 1. The van der Waals surface area contributed by atoms with E-state index in [1.807, 2.05) is 0 Å². The molecule has 0 aliphatic carbocycles. The summed E-state index contributed by atoms with van der Waals surface area (Å²) in [4.78, 5) is 0. The van der Waals surface area contributed by atoms with Gasteiger partial charge in [-0.05, 0) is 18.2 Å². The standard InChI is InChI=1S/C13H12FNO2/c14-10-3-9-4-11(6-15)17-13(9)12(5-10)8-1-2-16-7-8/h1-3,5,7,11H,4,6,15H2. The summed E-state index contributed by atoms with van der Waals surface area (Å²) in [5.41, 5.74) is 8.00. The van der Waals surface area contributed by atoms with E-state index in [1.54, 1.807) is 18.6 Å². The Hall–Kier alpha value is -1.81. The van der Waals surface area contributed by atoms with Crippen molar-refractivity contribution in [1.29, 1.82) is 0 Å². The lowest BCUT2D eigenvalue weighted by Gasteiger charge is -2.09. The van der Waals surface area contributed by atoms with Crippen molar-refractivity contribution in [3.63, 3.8) is 0 Å². The number of furan rings is 1. The number of benzene rings is 1. The third-order valence-corrected chi connectivity index (χ3v) is 2.96. The number of nitrogens with two attached hydrogens (primary N) is 1. The molecule has 1 aromatic carbocycles. The Morgan fingerprint density at radius 3 is 3.00 bits per heavy atom. The van der Waals surface area contributed by atoms with Crippen LogP contribution in [0.2, 0.25) is 0 Å². The maximum Gasteiger partial charge on any atom is 0.131 e. The molecule has 0 spiro atoms. The Labute approximate surface area is 98.0 Å². The van der Waals surface area contributed by atoms with E-state index >= 15 is 0 Å². The zero-order valence-corrected chi connectivity index (χ0v) is 9.15. The number of halogens is 1. The molecular formula is C13H12FNO2. The monoisotopic (exact) mass is 233 g/mol. The van der Waals surface area contributed by atoms with Crippen LogP contribution in [0.3, 0.4) is 0 Å². The first-order valence-corrected chi connectivity index (χ1v) is 5.49. The van der Waals surface area contributed by atoms with Crippen molar-refractivity contribution in [3.05, 3.63) is 42.1 Å². The molecule has 2 aromatic rings. The third kappa shape index (κ3) is 1.70. The minimum Gasteiger partial charge on any atom is -0.488 e. The normalized spacial score (nSPS) is 17.9. The van der Waals surface area contributed by atoms with Gasteiger partial charge in [0.25, 0.3) is 0 Å². The second-order valence-electron chi connectivity index (χ2n) is 4.13. The third-order valence-electron chi connectivity index (χ3n) is 2.96. The molecular weight excluding hydrogens is 221 g/mol. The average molecular weight is 233 g/mol. The Balaban J connectivity index is 2.12. The molecule has 88 valence electrons. The average Bonchev–Trinajstić information content (AvgIpc) is 2.96. The highest BCUT2D eigenvalue weighted by atomic mass is 19.1. The molecule has 1 aliphatic heterocycles. The Morgan fingerprint density at radius 1 is 1.41 bits per heavy atom. The summed E-state index contributed by atoms with van der Waals surface area (Å²) in [7, 11) is 0. The Morgan fingerprint density at radius 2 is 2.29 bits per heavy atom. The van der Waals surface area contributed by atoms with Crippen molar-refractivity contribution in [2.45, 2.75) is 12.5 Å². The van der Waals surface area contributed by atoms with Crippen LogP contribution in [0.15, 0.2) is 35.1 Å². The van der Waals surface area contributed by atoms with Crippen LogP contribution in [0.1, 0.15) is 5.56 Å². The van der Waals surface area contributed by atoms with Gasteiger partial charge in [-0.3, -0.25) is 0 Å². The maximum absolute atomic E-state index is 13.5. The van der Waals surface area contributed by atoms with Gasteiger partial charge in [-0.25, -0.2) is 4.39 Å². The number of ether oxygens (including phenoxy) is 1. The molecule has 17 heavy (non-hydrogen) atoms. The molecule has 0 fully saturated rings. The minimum atomic E-state index is -0.263. The summed E-state index contributed by atoms with van der Waals surface area (Å²) in [6.45, 7) is 0.432. The fraction of sp³-hybridized carbons (Fsp3) is 0.231. The van der Waals surface area contributed by atoms with Crippen molar-refractivity contribution < 1.29 is 13.5 Å². The van der Waals surface area contributed by atoms with E-state index in [1.165, 1.54) is 12.1 Å². The number of hydrogen-bond donors (Lipinski definition) is 1. The summed E-state index contributed by atoms with van der Waals surface area (Å²) in [5.74, 6) is 0.462. The highest BCUT2D eigenvalue weighted by Crippen LogP contribution is 2.39. The lowest BCUT2D eigenvalue weighted by Crippen LogP contribution is -2.24. The molecule has 0 radical (unpaired) electrons. The molecule has 4 heteroatoms. The van der Waals surface area contributed by atoms with Gasteiger partial charge in [0.1, 0.15) is 17.7 Å². The van der Waals surface area contributed by atoms with Crippen LogP contribution in [-0.4, -0.2) is 12.6 Å². The molecule has 3 rings (SSSR count). The second-order valence-corrected chi connectivity index (χ2v) is 4.13. The van der Waals surface area contributed by atoms with E-state index in [9.17, 15) is 4.39 Å². The highest BCUT2D eigenvalue weighted by molar-refractivity contribution is 5.72. The van der Waals surface area contributed by atoms with Gasteiger partial charge in [0.05, 0.1) is 12.5 Å². The van der Waals surface area contributed by atoms with Crippen molar-refractivity contribution in [2.24, 2.45) is 5.73 Å². The number of rotatable bonds is 2. The summed E-state index contributed by atoms with van der Waals surface area (Å²) < 4.78 is 24.3. The van der Waals surface area contributed by atoms with Crippen molar-refractivity contribution in [1.82, 2.24) is 0 Å². The van der Waals surface area contributed by atoms with E-state index < -0.39 is 0 Å². The molecule has 3 nitrogen and oxygen atoms in total. The maximum atomic E-state index is 13.5. The van der Waals surface area contributed by atoms with Crippen molar-refractivity contribution in [2.75, 3.05) is 6.54 Å². The molecule has 2 heterocycles. The molecule has 1 aromatic heterocycles. The summed E-state index contributed by atoms with van der Waals surface area (Å²) in [5, 5.41) is 0. The summed E-state index contributed by atoms with van der Waals surface area (Å²) in [6.07, 6.45) is 3.74. The molecule has 0 saturated carbocycles. The fourth-order valence-corrected chi connectivity index (χ4v) is 2.16. The van der Waals surface area contributed by atoms with Gasteiger partial charge in [0.15, 0.2) is 0 Å². The SMILES string of the molecule is NCC1Cc2cc(F)cc(-c3ccoc3)c2O1. The van der Waals surface area contributed by atoms with Gasteiger partial charge in [0, 0.05) is 29.7 Å². The molecule has 0 bridgehead atoms. The predicted octanol–water partition coefficient (Wildman–Crippen LogP) is 2.35. The first-order chi connectivity index (χ1) is 8.28. The topological polar surface area (TPSA) is 48.4 Å². The zero-order chi connectivity index (χ0) is 11.8. The van der Waals surface area contributed by atoms with Gasteiger partial charge < -0.3 is 14.9 Å². The Kier molecular flexibility index (Phi) is 2.37. The molecule has 1 aliphatic rings. The second kappa shape index (κ2) is 3.89. The van der Waals surface area contributed by atoms with Crippen LogP contribution in [0.5, 0.6) is 5.75 Å². The molecule has 0 saturated heterocycles. The van der Waals surface area contributed by atoms with Crippen LogP contribution in [0.4, 0.5) is 4.39 Å². The van der Waals surface area contributed by atoms with Crippen LogP contribution in [0.25, 0.3) is 11.1 Å². The minimum absolute atomic E-state index is 0.0579. The van der Waals surface area contributed by atoms with Crippen LogP contribution < -0.4 is 10.5 Å². The van der Waals surface area contributed by atoms with E-state index in [4.69, 9.17) is 14.9 Å². The van der Waals surface area contributed by atoms with Crippen LogP contribution >= 0.6 is 0 Å². The molecule has 1 atom stereocenters. The fourth-order valence-electron chi connectivity index (χ4n) is 2.16. The first kappa shape index (κ1) is 10.4. The predicted molar refractivity (Wildman–Crippen MR) is 61.3 cm³/mol. The Bertz CT molecular complexity index is 537. The van der Waals surface area contributed by atoms with Crippen LogP contribution in [-0.2, 0) is 6.42 Å². The largest absolute Gasteiger partial charge is 0.488 e. The smallest absolute Gasteiger partial charge is 0.131 e. The van der Waals surface area contributed by atoms with E-state index in [2.05, 4.69) is 0 Å². The zero-order valence-electron chi connectivity index (χ0n) is 9.15. The van der Waals surface area contributed by atoms with Gasteiger partial charge in [-0.1, -0.05) is 0 Å². The molecule has 1 unspecified atom stereocenters. The lowest BCUT2D eigenvalue weighted by atomic mass is 10.0. The van der Waals surface area contributed by atoms with Gasteiger partial charge in [0.2, 0.25) is 0 Å². The quantitative estimate of drug-likeness (QED) is 0.866. The van der Waals surface area contributed by atoms with Crippen LogP contribution in [0, 0.1) is 5.82 Å². The van der Waals surface area contributed by atoms with Gasteiger partial charge in [-0.2, -0.15) is 0 Å². The molecule has 0 amide bonds. The van der Waals surface area contributed by atoms with Crippen molar-refractivity contribution in [3.8, 4) is 16.9 Å². The van der Waals surface area contributed by atoms with Crippen molar-refractivity contribution >= 4 is 0 Å².